The summed E-state index contributed by atoms with van der Waals surface area (Å²) in [5.41, 5.74) is 0.542. The average Bonchev–Trinajstić information content (AvgIpc) is 2.42. The number of benzene rings is 1. The summed E-state index contributed by atoms with van der Waals surface area (Å²) in [6, 6.07) is 6.45. The zero-order valence-electron chi connectivity index (χ0n) is 10.0. The molecular formula is C12H9ClN4O3. The molecule has 1 aromatic heterocycles. The molecule has 2 rings (SSSR count). The van der Waals surface area contributed by atoms with Crippen LogP contribution in [0.3, 0.4) is 0 Å². The molecule has 2 N–H and O–H groups in total. The van der Waals surface area contributed by atoms with Crippen molar-refractivity contribution in [1.82, 2.24) is 4.98 Å². The normalized spacial score (nSPS) is 9.85. The lowest BCUT2D eigenvalue weighted by Gasteiger charge is -2.08. The maximum Gasteiger partial charge on any atom is 0.323 e. The monoisotopic (exact) mass is 292 g/mol. The van der Waals surface area contributed by atoms with Crippen LogP contribution >= 0.6 is 11.6 Å². The Bertz CT molecular complexity index is 648. The van der Waals surface area contributed by atoms with Crippen LogP contribution in [0.15, 0.2) is 42.7 Å². The minimum absolute atomic E-state index is 0.159. The fourth-order valence-corrected chi connectivity index (χ4v) is 1.61. The number of hydrogen-bond donors (Lipinski definition) is 2. The first-order chi connectivity index (χ1) is 9.56. The number of nitrogens with one attached hydrogen (secondary N) is 2. The molecule has 20 heavy (non-hydrogen) atoms. The van der Waals surface area contributed by atoms with Gasteiger partial charge in [0.1, 0.15) is 0 Å². The minimum atomic E-state index is -0.567. The molecule has 7 nitrogen and oxygen atoms in total. The molecule has 0 saturated heterocycles. The van der Waals surface area contributed by atoms with E-state index in [4.69, 9.17) is 11.6 Å². The topological polar surface area (TPSA) is 97.2 Å². The van der Waals surface area contributed by atoms with Gasteiger partial charge in [-0.3, -0.25) is 15.1 Å². The summed E-state index contributed by atoms with van der Waals surface area (Å²) < 4.78 is 0. The van der Waals surface area contributed by atoms with Gasteiger partial charge in [-0.15, -0.1) is 0 Å². The number of rotatable bonds is 3. The Morgan fingerprint density at radius 3 is 2.55 bits per heavy atom. The number of nitro groups is 1. The number of carbonyl (C=O) groups is 1. The molecule has 0 radical (unpaired) electrons. The van der Waals surface area contributed by atoms with Gasteiger partial charge in [-0.05, 0) is 18.2 Å². The Kier molecular flexibility index (Phi) is 4.11. The Hall–Kier alpha value is -2.67. The van der Waals surface area contributed by atoms with Crippen molar-refractivity contribution >= 4 is 34.7 Å². The lowest BCUT2D eigenvalue weighted by atomic mass is 10.3. The quantitative estimate of drug-likeness (QED) is 0.670. The van der Waals surface area contributed by atoms with Gasteiger partial charge in [-0.2, -0.15) is 0 Å². The van der Waals surface area contributed by atoms with Gasteiger partial charge in [0.2, 0.25) is 0 Å². The summed E-state index contributed by atoms with van der Waals surface area (Å²) in [6.07, 6.45) is 3.05. The molecule has 1 heterocycles. The fraction of sp³-hybridized carbons (Fsp3) is 0. The molecule has 2 aromatic rings. The zero-order chi connectivity index (χ0) is 14.5. The standard InChI is InChI=1S/C12H9ClN4O3/c13-10-2-1-9(17(19)20)7-11(10)16-12(18)15-8-3-5-14-6-4-8/h1-7H,(H2,14,15,16,18). The molecule has 0 spiro atoms. The van der Waals surface area contributed by atoms with Crippen LogP contribution in [0.1, 0.15) is 0 Å². The summed E-state index contributed by atoms with van der Waals surface area (Å²) in [5.74, 6) is 0. The third-order valence-corrected chi connectivity index (χ3v) is 2.68. The number of pyridine rings is 1. The van der Waals surface area contributed by atoms with E-state index >= 15 is 0 Å². The maximum absolute atomic E-state index is 11.7. The molecule has 0 aliphatic carbocycles. The Labute approximate surface area is 118 Å². The Morgan fingerprint density at radius 1 is 1.20 bits per heavy atom. The Balaban J connectivity index is 2.11. The van der Waals surface area contributed by atoms with Crippen molar-refractivity contribution in [1.29, 1.82) is 0 Å². The first kappa shape index (κ1) is 13.8. The number of carbonyl (C=O) groups excluding carboxylic acids is 1. The molecule has 0 saturated carbocycles. The molecule has 0 fully saturated rings. The SMILES string of the molecule is O=C(Nc1ccncc1)Nc1cc([N+](=O)[O-])ccc1Cl. The van der Waals surface area contributed by atoms with Gasteiger partial charge in [0.15, 0.2) is 0 Å². The number of halogens is 1. The molecular weight excluding hydrogens is 284 g/mol. The summed E-state index contributed by atoms with van der Waals surface area (Å²) in [7, 11) is 0. The molecule has 0 bridgehead atoms. The summed E-state index contributed by atoms with van der Waals surface area (Å²) in [4.78, 5) is 25.7. The Morgan fingerprint density at radius 2 is 1.90 bits per heavy atom. The van der Waals surface area contributed by atoms with Crippen molar-refractivity contribution in [2.45, 2.75) is 0 Å². The van der Waals surface area contributed by atoms with Gasteiger partial charge < -0.3 is 10.6 Å². The number of aromatic nitrogens is 1. The van der Waals surface area contributed by atoms with E-state index in [1.165, 1.54) is 30.6 Å². The molecule has 8 heteroatoms. The van der Waals surface area contributed by atoms with E-state index in [1.54, 1.807) is 12.1 Å². The van der Waals surface area contributed by atoms with E-state index in [9.17, 15) is 14.9 Å². The maximum atomic E-state index is 11.7. The minimum Gasteiger partial charge on any atom is -0.308 e. The van der Waals surface area contributed by atoms with E-state index in [1.807, 2.05) is 0 Å². The van der Waals surface area contributed by atoms with Gasteiger partial charge in [-0.25, -0.2) is 4.79 Å². The van der Waals surface area contributed by atoms with Crippen molar-refractivity contribution in [2.24, 2.45) is 0 Å². The van der Waals surface area contributed by atoms with Crippen LogP contribution in [-0.2, 0) is 0 Å². The van der Waals surface area contributed by atoms with Crippen molar-refractivity contribution < 1.29 is 9.72 Å². The third kappa shape index (κ3) is 3.42. The number of non-ortho nitro benzene ring substituents is 1. The van der Waals surface area contributed by atoms with Crippen LogP contribution in [0.4, 0.5) is 21.9 Å². The number of urea groups is 1. The van der Waals surface area contributed by atoms with Gasteiger partial charge in [0.25, 0.3) is 5.69 Å². The number of nitrogens with zero attached hydrogens (tertiary/aromatic N) is 2. The van der Waals surface area contributed by atoms with Gasteiger partial charge in [0.05, 0.1) is 15.6 Å². The molecule has 0 unspecified atom stereocenters. The van der Waals surface area contributed by atoms with Crippen LogP contribution in [0, 0.1) is 10.1 Å². The first-order valence-electron chi connectivity index (χ1n) is 5.48. The predicted octanol–water partition coefficient (Wildman–Crippen LogP) is 3.29. The van der Waals surface area contributed by atoms with Crippen LogP contribution in [-0.4, -0.2) is 15.9 Å². The summed E-state index contributed by atoms with van der Waals surface area (Å²) in [5, 5.41) is 15.9. The van der Waals surface area contributed by atoms with Crippen LogP contribution < -0.4 is 10.6 Å². The van der Waals surface area contributed by atoms with Gasteiger partial charge >= 0.3 is 6.03 Å². The van der Waals surface area contributed by atoms with E-state index in [0.717, 1.165) is 0 Å². The summed E-state index contributed by atoms with van der Waals surface area (Å²) in [6.45, 7) is 0. The van der Waals surface area contributed by atoms with Gasteiger partial charge in [-0.1, -0.05) is 11.6 Å². The van der Waals surface area contributed by atoms with E-state index in [0.29, 0.717) is 5.69 Å². The number of amides is 2. The van der Waals surface area contributed by atoms with Crippen molar-refractivity contribution in [2.75, 3.05) is 10.6 Å². The van der Waals surface area contributed by atoms with Crippen molar-refractivity contribution in [3.8, 4) is 0 Å². The molecule has 0 aliphatic rings. The molecule has 0 atom stereocenters. The van der Waals surface area contributed by atoms with Crippen molar-refractivity contribution in [3.05, 3.63) is 57.9 Å². The molecule has 0 aliphatic heterocycles. The lowest BCUT2D eigenvalue weighted by Crippen LogP contribution is -2.19. The second-order valence-corrected chi connectivity index (χ2v) is 4.14. The largest absolute Gasteiger partial charge is 0.323 e. The van der Waals surface area contributed by atoms with Crippen LogP contribution in [0.5, 0.6) is 0 Å². The van der Waals surface area contributed by atoms with Crippen LogP contribution in [0.2, 0.25) is 5.02 Å². The highest BCUT2D eigenvalue weighted by Crippen LogP contribution is 2.26. The predicted molar refractivity (Wildman–Crippen MR) is 75.0 cm³/mol. The van der Waals surface area contributed by atoms with E-state index < -0.39 is 11.0 Å². The van der Waals surface area contributed by atoms with Gasteiger partial charge in [0, 0.05) is 30.2 Å². The highest BCUT2D eigenvalue weighted by molar-refractivity contribution is 6.33. The molecule has 102 valence electrons. The third-order valence-electron chi connectivity index (χ3n) is 2.35. The zero-order valence-corrected chi connectivity index (χ0v) is 10.8. The number of hydrogen-bond acceptors (Lipinski definition) is 4. The summed E-state index contributed by atoms with van der Waals surface area (Å²) >= 11 is 5.87. The molecule has 1 aromatic carbocycles. The lowest BCUT2D eigenvalue weighted by molar-refractivity contribution is -0.384. The second kappa shape index (κ2) is 5.98. The van der Waals surface area contributed by atoms with E-state index in [2.05, 4.69) is 15.6 Å². The second-order valence-electron chi connectivity index (χ2n) is 3.74. The van der Waals surface area contributed by atoms with Crippen LogP contribution in [0.25, 0.3) is 0 Å². The fourth-order valence-electron chi connectivity index (χ4n) is 1.44. The van der Waals surface area contributed by atoms with Crippen molar-refractivity contribution in [3.63, 3.8) is 0 Å². The highest BCUT2D eigenvalue weighted by Gasteiger charge is 2.12. The molecule has 2 amide bonds. The first-order valence-corrected chi connectivity index (χ1v) is 5.86. The van der Waals surface area contributed by atoms with E-state index in [-0.39, 0.29) is 16.4 Å². The number of nitro benzene ring substituents is 1. The highest BCUT2D eigenvalue weighted by atomic mass is 35.5. The number of anilines is 2. The smallest absolute Gasteiger partial charge is 0.308 e. The average molecular weight is 293 g/mol.